The van der Waals surface area contributed by atoms with Crippen molar-refractivity contribution in [2.45, 2.75) is 31.3 Å². The van der Waals surface area contributed by atoms with Crippen molar-refractivity contribution in [3.63, 3.8) is 0 Å². The van der Waals surface area contributed by atoms with Crippen molar-refractivity contribution in [3.05, 3.63) is 69.5 Å². The lowest BCUT2D eigenvalue weighted by Gasteiger charge is -2.39. The first-order chi connectivity index (χ1) is 12.9. The molecular formula is C21H22Cl2FNO2. The molecule has 0 unspecified atom stereocenters. The molecule has 0 spiro atoms. The maximum Gasteiger partial charge on any atom is 0.162 e. The second kappa shape index (κ2) is 8.70. The molecule has 1 heterocycles. The van der Waals surface area contributed by atoms with Crippen molar-refractivity contribution in [1.29, 1.82) is 0 Å². The number of halogens is 3. The fourth-order valence-electron chi connectivity index (χ4n) is 3.52. The van der Waals surface area contributed by atoms with Gasteiger partial charge in [0.15, 0.2) is 5.78 Å². The number of rotatable bonds is 6. The number of piperidine rings is 1. The Morgan fingerprint density at radius 3 is 2.44 bits per heavy atom. The summed E-state index contributed by atoms with van der Waals surface area (Å²) >= 11 is 12.3. The van der Waals surface area contributed by atoms with Crippen LogP contribution in [-0.2, 0) is 5.60 Å². The normalized spacial score (nSPS) is 17.0. The SMILES string of the molecule is O=C(CCCN1CCC(O)(c2cccc(Cl)c2Cl)CC1)c1ccc(F)cc1. The zero-order valence-corrected chi connectivity index (χ0v) is 16.4. The number of carbonyl (C=O) groups is 1. The summed E-state index contributed by atoms with van der Waals surface area (Å²) < 4.78 is 12.9. The predicted molar refractivity (Wildman–Crippen MR) is 106 cm³/mol. The van der Waals surface area contributed by atoms with E-state index >= 15 is 0 Å². The number of aliphatic hydroxyl groups is 1. The van der Waals surface area contributed by atoms with Gasteiger partial charge in [-0.05, 0) is 56.1 Å². The quantitative estimate of drug-likeness (QED) is 0.676. The molecule has 2 aromatic carbocycles. The van der Waals surface area contributed by atoms with Gasteiger partial charge in [0.2, 0.25) is 0 Å². The molecule has 0 atom stereocenters. The standard InChI is InChI=1S/C21H22Cl2FNO2/c22-18-4-1-3-17(20(18)23)21(27)10-13-25(14-11-21)12-2-5-19(26)15-6-8-16(24)9-7-15/h1,3-4,6-9,27H,2,5,10-14H2. The van der Waals surface area contributed by atoms with Gasteiger partial charge in [-0.1, -0.05) is 35.3 Å². The maximum atomic E-state index is 12.9. The first-order valence-electron chi connectivity index (χ1n) is 9.07. The molecule has 0 saturated carbocycles. The monoisotopic (exact) mass is 409 g/mol. The summed E-state index contributed by atoms with van der Waals surface area (Å²) in [5.41, 5.74) is 0.255. The van der Waals surface area contributed by atoms with E-state index in [4.69, 9.17) is 23.2 Å². The maximum absolute atomic E-state index is 12.9. The Kier molecular flexibility index (Phi) is 6.53. The van der Waals surface area contributed by atoms with Crippen molar-refractivity contribution < 1.29 is 14.3 Å². The first kappa shape index (κ1) is 20.3. The molecule has 1 saturated heterocycles. The van der Waals surface area contributed by atoms with E-state index in [9.17, 15) is 14.3 Å². The summed E-state index contributed by atoms with van der Waals surface area (Å²) in [5, 5.41) is 11.9. The molecule has 3 nitrogen and oxygen atoms in total. The van der Waals surface area contributed by atoms with Crippen LogP contribution in [0.15, 0.2) is 42.5 Å². The van der Waals surface area contributed by atoms with Crippen LogP contribution < -0.4 is 0 Å². The zero-order valence-electron chi connectivity index (χ0n) is 14.9. The number of ketones is 1. The zero-order chi connectivity index (χ0) is 19.4. The van der Waals surface area contributed by atoms with Gasteiger partial charge in [0.05, 0.1) is 15.6 Å². The lowest BCUT2D eigenvalue weighted by atomic mass is 9.84. The topological polar surface area (TPSA) is 40.5 Å². The third-order valence-electron chi connectivity index (χ3n) is 5.18. The number of hydrogen-bond acceptors (Lipinski definition) is 3. The third-order valence-corrected chi connectivity index (χ3v) is 6.00. The van der Waals surface area contributed by atoms with Crippen molar-refractivity contribution >= 4 is 29.0 Å². The minimum absolute atomic E-state index is 0.0224. The molecule has 3 rings (SSSR count). The molecule has 1 fully saturated rings. The molecule has 0 bridgehead atoms. The molecule has 0 amide bonds. The van der Waals surface area contributed by atoms with E-state index in [1.165, 1.54) is 24.3 Å². The van der Waals surface area contributed by atoms with Gasteiger partial charge < -0.3 is 10.0 Å². The largest absolute Gasteiger partial charge is 0.385 e. The van der Waals surface area contributed by atoms with E-state index in [1.54, 1.807) is 12.1 Å². The fraction of sp³-hybridized carbons (Fsp3) is 0.381. The van der Waals surface area contributed by atoms with Crippen LogP contribution in [0.2, 0.25) is 10.0 Å². The van der Waals surface area contributed by atoms with Crippen LogP contribution in [0, 0.1) is 5.82 Å². The summed E-state index contributed by atoms with van der Waals surface area (Å²) in [6.07, 6.45) is 2.29. The number of hydrogen-bond donors (Lipinski definition) is 1. The van der Waals surface area contributed by atoms with Crippen molar-refractivity contribution in [2.75, 3.05) is 19.6 Å². The predicted octanol–water partition coefficient (Wildman–Crippen LogP) is 5.08. The number of likely N-dealkylation sites (tertiary alicyclic amines) is 1. The minimum atomic E-state index is -0.970. The van der Waals surface area contributed by atoms with E-state index in [0.29, 0.717) is 40.4 Å². The van der Waals surface area contributed by atoms with Gasteiger partial charge in [0.25, 0.3) is 0 Å². The lowest BCUT2D eigenvalue weighted by Crippen LogP contribution is -2.43. The highest BCUT2D eigenvalue weighted by atomic mass is 35.5. The third kappa shape index (κ3) is 4.88. The molecule has 2 aromatic rings. The molecule has 0 radical (unpaired) electrons. The molecule has 1 aliphatic heterocycles. The van der Waals surface area contributed by atoms with Gasteiger partial charge >= 0.3 is 0 Å². The van der Waals surface area contributed by atoms with Crippen molar-refractivity contribution in [1.82, 2.24) is 4.90 Å². The molecule has 0 aliphatic carbocycles. The number of nitrogens with zero attached hydrogens (tertiary/aromatic N) is 1. The lowest BCUT2D eigenvalue weighted by molar-refractivity contribution is -0.0259. The number of benzene rings is 2. The molecule has 144 valence electrons. The molecule has 0 aromatic heterocycles. The smallest absolute Gasteiger partial charge is 0.162 e. The van der Waals surface area contributed by atoms with Gasteiger partial charge in [-0.15, -0.1) is 0 Å². The summed E-state index contributed by atoms with van der Waals surface area (Å²) in [6, 6.07) is 11.0. The molecule has 27 heavy (non-hydrogen) atoms. The van der Waals surface area contributed by atoms with Crippen molar-refractivity contribution in [3.8, 4) is 0 Å². The van der Waals surface area contributed by atoms with E-state index in [1.807, 2.05) is 6.07 Å². The van der Waals surface area contributed by atoms with Gasteiger partial charge in [-0.25, -0.2) is 4.39 Å². The number of carbonyl (C=O) groups excluding carboxylic acids is 1. The first-order valence-corrected chi connectivity index (χ1v) is 9.83. The Morgan fingerprint density at radius 1 is 1.11 bits per heavy atom. The van der Waals surface area contributed by atoms with Crippen LogP contribution in [0.25, 0.3) is 0 Å². The minimum Gasteiger partial charge on any atom is -0.385 e. The number of Topliss-reactive ketones (excluding diaryl/α,β-unsaturated/α-hetero) is 1. The molecular weight excluding hydrogens is 388 g/mol. The second-order valence-electron chi connectivity index (χ2n) is 7.01. The van der Waals surface area contributed by atoms with E-state index < -0.39 is 5.60 Å². The Balaban J connectivity index is 1.49. The summed E-state index contributed by atoms with van der Waals surface area (Å²) in [5.74, 6) is -0.318. The molecule has 1 aliphatic rings. The summed E-state index contributed by atoms with van der Waals surface area (Å²) in [6.45, 7) is 2.24. The Labute approximate surface area is 168 Å². The molecule has 1 N–H and O–H groups in total. The Morgan fingerprint density at radius 2 is 1.78 bits per heavy atom. The van der Waals surface area contributed by atoms with E-state index in [2.05, 4.69) is 4.90 Å². The summed E-state index contributed by atoms with van der Waals surface area (Å²) in [7, 11) is 0. The van der Waals surface area contributed by atoms with Gasteiger partial charge in [0, 0.05) is 30.6 Å². The van der Waals surface area contributed by atoms with Gasteiger partial charge in [0.1, 0.15) is 5.82 Å². The van der Waals surface area contributed by atoms with Crippen LogP contribution in [0.5, 0.6) is 0 Å². The van der Waals surface area contributed by atoms with Crippen LogP contribution in [0.1, 0.15) is 41.6 Å². The van der Waals surface area contributed by atoms with E-state index in [-0.39, 0.29) is 11.6 Å². The van der Waals surface area contributed by atoms with Crippen LogP contribution in [0.3, 0.4) is 0 Å². The van der Waals surface area contributed by atoms with Crippen LogP contribution in [-0.4, -0.2) is 35.4 Å². The average molecular weight is 410 g/mol. The van der Waals surface area contributed by atoms with Crippen LogP contribution in [0.4, 0.5) is 4.39 Å². The Hall–Kier alpha value is -1.46. The summed E-state index contributed by atoms with van der Waals surface area (Å²) in [4.78, 5) is 14.4. The highest BCUT2D eigenvalue weighted by Gasteiger charge is 2.35. The van der Waals surface area contributed by atoms with Crippen molar-refractivity contribution in [2.24, 2.45) is 0 Å². The van der Waals surface area contributed by atoms with E-state index in [0.717, 1.165) is 26.1 Å². The second-order valence-corrected chi connectivity index (χ2v) is 7.79. The fourth-order valence-corrected chi connectivity index (χ4v) is 4.00. The van der Waals surface area contributed by atoms with Gasteiger partial charge in [-0.2, -0.15) is 0 Å². The molecule has 6 heteroatoms. The average Bonchev–Trinajstić information content (AvgIpc) is 2.66. The van der Waals surface area contributed by atoms with Crippen LogP contribution >= 0.6 is 23.2 Å². The highest BCUT2D eigenvalue weighted by Crippen LogP contribution is 2.39. The highest BCUT2D eigenvalue weighted by molar-refractivity contribution is 6.42. The Bertz CT molecular complexity index is 802. The van der Waals surface area contributed by atoms with Gasteiger partial charge in [-0.3, -0.25) is 4.79 Å².